The van der Waals surface area contributed by atoms with E-state index >= 15 is 0 Å². The Morgan fingerprint density at radius 2 is 1.87 bits per heavy atom. The number of halogens is 1. The fourth-order valence-corrected chi connectivity index (χ4v) is 1.75. The molecule has 1 rings (SSSR count). The maximum atomic E-state index is 9.92. The Morgan fingerprint density at radius 1 is 1.33 bits per heavy atom. The highest BCUT2D eigenvalue weighted by Crippen LogP contribution is 2.38. The van der Waals surface area contributed by atoms with Crippen molar-refractivity contribution < 1.29 is 5.11 Å². The van der Waals surface area contributed by atoms with E-state index in [0.717, 1.165) is 5.56 Å². The molecule has 0 saturated carbocycles. The van der Waals surface area contributed by atoms with Crippen molar-refractivity contribution in [3.63, 3.8) is 0 Å². The van der Waals surface area contributed by atoms with Crippen molar-refractivity contribution >= 4 is 11.6 Å². The molecule has 3 N–H and O–H groups in total. The van der Waals surface area contributed by atoms with Crippen LogP contribution in [0.5, 0.6) is 5.75 Å². The smallest absolute Gasteiger partial charge is 0.123 e. The normalized spacial score (nSPS) is 14.0. The van der Waals surface area contributed by atoms with Gasteiger partial charge in [-0.1, -0.05) is 32.4 Å². The van der Waals surface area contributed by atoms with Crippen molar-refractivity contribution in [1.29, 1.82) is 0 Å². The Kier molecular flexibility index (Phi) is 3.31. The van der Waals surface area contributed by atoms with Gasteiger partial charge in [0.15, 0.2) is 0 Å². The summed E-state index contributed by atoms with van der Waals surface area (Å²) >= 11 is 5.95. The number of hydrogen-bond donors (Lipinski definition) is 2. The molecule has 1 aromatic carbocycles. The zero-order valence-electron chi connectivity index (χ0n) is 9.63. The first-order valence-corrected chi connectivity index (χ1v) is 5.36. The van der Waals surface area contributed by atoms with Crippen molar-refractivity contribution in [1.82, 2.24) is 0 Å². The second-order valence-corrected chi connectivity index (χ2v) is 5.44. The van der Waals surface area contributed by atoms with Crippen LogP contribution in [0.2, 0.25) is 5.02 Å². The molecule has 84 valence electrons. The van der Waals surface area contributed by atoms with Gasteiger partial charge in [0.25, 0.3) is 0 Å². The molecule has 0 saturated heterocycles. The van der Waals surface area contributed by atoms with Crippen LogP contribution < -0.4 is 5.73 Å². The number of benzene rings is 1. The molecule has 1 unspecified atom stereocenters. The number of rotatable bonds is 1. The van der Waals surface area contributed by atoms with Gasteiger partial charge in [-0.25, -0.2) is 0 Å². The third kappa shape index (κ3) is 2.64. The van der Waals surface area contributed by atoms with Crippen LogP contribution in [-0.4, -0.2) is 5.11 Å². The molecule has 0 aliphatic rings. The number of nitrogens with two attached hydrogens (primary N) is 1. The first-order chi connectivity index (χ1) is 6.73. The summed E-state index contributed by atoms with van der Waals surface area (Å²) in [5.41, 5.74) is 7.47. The molecule has 1 atom stereocenters. The van der Waals surface area contributed by atoms with E-state index < -0.39 is 0 Å². The number of aryl methyl sites for hydroxylation is 1. The third-order valence-electron chi connectivity index (χ3n) is 2.56. The lowest BCUT2D eigenvalue weighted by Gasteiger charge is -2.28. The van der Waals surface area contributed by atoms with Crippen molar-refractivity contribution in [2.24, 2.45) is 11.1 Å². The predicted octanol–water partition coefficient (Wildman–Crippen LogP) is 3.40. The van der Waals surface area contributed by atoms with Gasteiger partial charge in [0, 0.05) is 16.6 Å². The summed E-state index contributed by atoms with van der Waals surface area (Å²) in [4.78, 5) is 0. The predicted molar refractivity (Wildman–Crippen MR) is 64.2 cm³/mol. The van der Waals surface area contributed by atoms with Crippen LogP contribution >= 0.6 is 11.6 Å². The van der Waals surface area contributed by atoms with Crippen molar-refractivity contribution in [2.75, 3.05) is 0 Å². The van der Waals surface area contributed by atoms with Gasteiger partial charge in [-0.2, -0.15) is 0 Å². The van der Waals surface area contributed by atoms with E-state index in [4.69, 9.17) is 17.3 Å². The molecule has 0 aliphatic carbocycles. The first-order valence-electron chi connectivity index (χ1n) is 4.98. The molecule has 3 heteroatoms. The lowest BCUT2D eigenvalue weighted by molar-refractivity contribution is 0.317. The maximum Gasteiger partial charge on any atom is 0.123 e. The molecule has 0 aliphatic heterocycles. The van der Waals surface area contributed by atoms with Crippen LogP contribution in [0.4, 0.5) is 0 Å². The monoisotopic (exact) mass is 227 g/mol. The van der Waals surface area contributed by atoms with Crippen LogP contribution in [-0.2, 0) is 0 Å². The average Bonchev–Trinajstić information content (AvgIpc) is 2.08. The largest absolute Gasteiger partial charge is 0.507 e. The minimum absolute atomic E-state index is 0.103. The van der Waals surface area contributed by atoms with E-state index in [0.29, 0.717) is 10.6 Å². The molecular weight excluding hydrogens is 210 g/mol. The average molecular weight is 228 g/mol. The van der Waals surface area contributed by atoms with E-state index in [9.17, 15) is 5.11 Å². The van der Waals surface area contributed by atoms with E-state index in [1.807, 2.05) is 27.7 Å². The van der Waals surface area contributed by atoms with Gasteiger partial charge in [0.2, 0.25) is 0 Å². The molecule has 0 aromatic heterocycles. The number of aromatic hydroxyl groups is 1. The van der Waals surface area contributed by atoms with E-state index in [-0.39, 0.29) is 17.2 Å². The van der Waals surface area contributed by atoms with Crippen LogP contribution in [0.15, 0.2) is 12.1 Å². The van der Waals surface area contributed by atoms with Gasteiger partial charge >= 0.3 is 0 Å². The standard InChI is InChI=1S/C12H18ClNO/c1-7-5-8(13)6-9(10(7)15)11(14)12(2,3)4/h5-6,11,15H,14H2,1-4H3. The van der Waals surface area contributed by atoms with Crippen LogP contribution in [0.1, 0.15) is 37.9 Å². The quantitative estimate of drug-likeness (QED) is 0.773. The fraction of sp³-hybridized carbons (Fsp3) is 0.500. The molecule has 0 amide bonds. The van der Waals surface area contributed by atoms with E-state index in [1.54, 1.807) is 12.1 Å². The summed E-state index contributed by atoms with van der Waals surface area (Å²) in [6.45, 7) is 7.92. The highest BCUT2D eigenvalue weighted by Gasteiger charge is 2.25. The van der Waals surface area contributed by atoms with Gasteiger partial charge in [-0.3, -0.25) is 0 Å². The first kappa shape index (κ1) is 12.3. The van der Waals surface area contributed by atoms with E-state index in [2.05, 4.69) is 0 Å². The second-order valence-electron chi connectivity index (χ2n) is 5.00. The van der Waals surface area contributed by atoms with Gasteiger partial charge in [-0.05, 0) is 30.0 Å². The number of hydrogen-bond acceptors (Lipinski definition) is 2. The lowest BCUT2D eigenvalue weighted by Crippen LogP contribution is -2.26. The molecule has 0 radical (unpaired) electrons. The van der Waals surface area contributed by atoms with Gasteiger partial charge in [0.05, 0.1) is 0 Å². The fourth-order valence-electron chi connectivity index (χ4n) is 1.47. The summed E-state index contributed by atoms with van der Waals surface area (Å²) in [7, 11) is 0. The molecule has 0 spiro atoms. The summed E-state index contributed by atoms with van der Waals surface area (Å²) in [6.07, 6.45) is 0. The van der Waals surface area contributed by atoms with Crippen LogP contribution in [0.3, 0.4) is 0 Å². The maximum absolute atomic E-state index is 9.92. The molecule has 1 aromatic rings. The van der Waals surface area contributed by atoms with Crippen molar-refractivity contribution in [3.05, 3.63) is 28.3 Å². The van der Waals surface area contributed by atoms with Gasteiger partial charge in [-0.15, -0.1) is 0 Å². The Balaban J connectivity index is 3.25. The Labute approximate surface area is 96.1 Å². The molecular formula is C12H18ClNO. The summed E-state index contributed by atoms with van der Waals surface area (Å²) < 4.78 is 0. The number of phenols is 1. The molecule has 2 nitrogen and oxygen atoms in total. The minimum atomic E-state index is -0.227. The SMILES string of the molecule is Cc1cc(Cl)cc(C(N)C(C)(C)C)c1O. The lowest BCUT2D eigenvalue weighted by atomic mass is 9.82. The minimum Gasteiger partial charge on any atom is -0.507 e. The molecule has 0 heterocycles. The Morgan fingerprint density at radius 3 is 2.33 bits per heavy atom. The van der Waals surface area contributed by atoms with Crippen molar-refractivity contribution in [3.8, 4) is 5.75 Å². The second kappa shape index (κ2) is 4.03. The van der Waals surface area contributed by atoms with E-state index in [1.165, 1.54) is 0 Å². The van der Waals surface area contributed by atoms with Crippen molar-refractivity contribution in [2.45, 2.75) is 33.7 Å². The van der Waals surface area contributed by atoms with Gasteiger partial charge < -0.3 is 10.8 Å². The number of phenolic OH excluding ortho intramolecular Hbond substituents is 1. The highest BCUT2D eigenvalue weighted by atomic mass is 35.5. The topological polar surface area (TPSA) is 46.2 Å². The summed E-state index contributed by atoms with van der Waals surface area (Å²) in [5.74, 6) is 0.252. The van der Waals surface area contributed by atoms with Crippen LogP contribution in [0.25, 0.3) is 0 Å². The van der Waals surface area contributed by atoms with Gasteiger partial charge in [0.1, 0.15) is 5.75 Å². The zero-order chi connectivity index (χ0) is 11.8. The summed E-state index contributed by atoms with van der Waals surface area (Å²) in [5, 5.41) is 10.5. The third-order valence-corrected chi connectivity index (χ3v) is 2.78. The van der Waals surface area contributed by atoms with Crippen LogP contribution in [0, 0.1) is 12.3 Å². The summed E-state index contributed by atoms with van der Waals surface area (Å²) in [6, 6.07) is 3.24. The zero-order valence-corrected chi connectivity index (χ0v) is 10.4. The Bertz CT molecular complexity index is 369. The molecule has 15 heavy (non-hydrogen) atoms. The highest BCUT2D eigenvalue weighted by molar-refractivity contribution is 6.30. The Hall–Kier alpha value is -0.730. The molecule has 0 bridgehead atoms. The molecule has 0 fully saturated rings.